The zero-order chi connectivity index (χ0) is 15.6. The van der Waals surface area contributed by atoms with Crippen LogP contribution < -0.4 is 21.5 Å². The number of nitrogens with one attached hydrogen (secondary N) is 3. The lowest BCUT2D eigenvalue weighted by Crippen LogP contribution is -3.06. The van der Waals surface area contributed by atoms with Gasteiger partial charge in [-0.3, -0.25) is 14.3 Å². The number of imidazole rings is 1. The van der Waals surface area contributed by atoms with E-state index in [9.17, 15) is 9.59 Å². The molecule has 8 nitrogen and oxygen atoms in total. The van der Waals surface area contributed by atoms with E-state index in [1.54, 1.807) is 17.7 Å². The number of anilines is 1. The van der Waals surface area contributed by atoms with E-state index in [1.165, 1.54) is 9.47 Å². The number of nitrogens with zero attached hydrogens (tertiary/aromatic N) is 3. The van der Waals surface area contributed by atoms with Crippen LogP contribution in [0.5, 0.6) is 0 Å². The molecule has 0 saturated carbocycles. The highest BCUT2D eigenvalue weighted by Crippen LogP contribution is 2.14. The molecule has 114 valence electrons. The van der Waals surface area contributed by atoms with Crippen molar-refractivity contribution in [3.05, 3.63) is 33.5 Å². The number of aryl methyl sites for hydroxylation is 1. The minimum atomic E-state index is -0.472. The molecule has 0 unspecified atom stereocenters. The van der Waals surface area contributed by atoms with E-state index < -0.39 is 11.2 Å². The number of fused-ring (bicyclic) bond motifs is 1. The third-order valence-corrected chi connectivity index (χ3v) is 3.23. The summed E-state index contributed by atoms with van der Waals surface area (Å²) in [4.78, 5) is 31.7. The third kappa shape index (κ3) is 2.89. The fourth-order valence-electron chi connectivity index (χ4n) is 2.10. The van der Waals surface area contributed by atoms with Gasteiger partial charge < -0.3 is 14.8 Å². The predicted octanol–water partition coefficient (Wildman–Crippen LogP) is -1.83. The summed E-state index contributed by atoms with van der Waals surface area (Å²) >= 11 is 0. The Labute approximate surface area is 121 Å². The van der Waals surface area contributed by atoms with Crippen LogP contribution in [0.25, 0.3) is 11.2 Å². The average molecular weight is 293 g/mol. The van der Waals surface area contributed by atoms with Crippen molar-refractivity contribution in [1.82, 2.24) is 19.1 Å². The number of likely N-dealkylation sites (N-methyl/N-ethyl adjacent to an activating group) is 1. The van der Waals surface area contributed by atoms with Crippen molar-refractivity contribution in [2.75, 3.05) is 32.5 Å². The van der Waals surface area contributed by atoms with Crippen LogP contribution in [0, 0.1) is 0 Å². The number of H-pyrrole nitrogens is 1. The highest BCUT2D eigenvalue weighted by molar-refractivity contribution is 5.74. The fraction of sp³-hybridized carbons (Fsp3) is 0.462. The molecule has 21 heavy (non-hydrogen) atoms. The quantitative estimate of drug-likeness (QED) is 0.546. The second-order valence-corrected chi connectivity index (χ2v) is 5.21. The Hall–Kier alpha value is -2.35. The van der Waals surface area contributed by atoms with Gasteiger partial charge in [0.2, 0.25) is 5.95 Å². The second kappa shape index (κ2) is 5.96. The number of aromatic amines is 1. The summed E-state index contributed by atoms with van der Waals surface area (Å²) in [5.74, 6) is 0.567. The summed E-state index contributed by atoms with van der Waals surface area (Å²) in [5.41, 5.74) is -0.171. The molecule has 8 heteroatoms. The van der Waals surface area contributed by atoms with Gasteiger partial charge in [-0.2, -0.15) is 4.98 Å². The molecule has 0 atom stereocenters. The molecule has 0 amide bonds. The highest BCUT2D eigenvalue weighted by Gasteiger charge is 2.16. The highest BCUT2D eigenvalue weighted by atomic mass is 16.2. The Morgan fingerprint density at radius 2 is 2.14 bits per heavy atom. The SMILES string of the molecule is C=CCn1c(NCC[NH+](C)C)nc2c1c(=O)[nH]c(=O)n2C. The van der Waals surface area contributed by atoms with E-state index in [-0.39, 0.29) is 0 Å². The Morgan fingerprint density at radius 1 is 1.43 bits per heavy atom. The molecule has 2 aromatic heterocycles. The van der Waals surface area contributed by atoms with Crippen molar-refractivity contribution in [2.24, 2.45) is 7.05 Å². The molecule has 0 bridgehead atoms. The molecular formula is C13H21N6O2+. The van der Waals surface area contributed by atoms with Gasteiger partial charge in [0.1, 0.15) is 0 Å². The van der Waals surface area contributed by atoms with Crippen LogP contribution in [0.3, 0.4) is 0 Å². The van der Waals surface area contributed by atoms with Gasteiger partial charge >= 0.3 is 5.69 Å². The molecule has 0 aromatic carbocycles. The number of hydrogen-bond donors (Lipinski definition) is 3. The van der Waals surface area contributed by atoms with Crippen LogP contribution in [0.15, 0.2) is 22.2 Å². The summed E-state index contributed by atoms with van der Waals surface area (Å²) in [6.45, 7) is 5.77. The lowest BCUT2D eigenvalue weighted by molar-refractivity contribution is -0.856. The van der Waals surface area contributed by atoms with Crippen molar-refractivity contribution in [1.29, 1.82) is 0 Å². The van der Waals surface area contributed by atoms with Gasteiger partial charge in [0.05, 0.1) is 27.2 Å². The van der Waals surface area contributed by atoms with Crippen LogP contribution in [-0.4, -0.2) is 46.3 Å². The monoisotopic (exact) mass is 293 g/mol. The van der Waals surface area contributed by atoms with Gasteiger partial charge in [-0.15, -0.1) is 6.58 Å². The van der Waals surface area contributed by atoms with Crippen molar-refractivity contribution in [3.63, 3.8) is 0 Å². The standard InChI is InChI=1S/C13H20N6O2/c1-5-7-19-9-10(18(4)13(21)16-11(9)20)15-12(19)14-6-8-17(2)3/h5H,1,6-8H2,2-4H3,(H,14,15)(H,16,20,21)/p+1. The van der Waals surface area contributed by atoms with Gasteiger partial charge in [0, 0.05) is 13.6 Å². The topological polar surface area (TPSA) is 89.2 Å². The molecule has 3 N–H and O–H groups in total. The zero-order valence-electron chi connectivity index (χ0n) is 12.6. The molecule has 2 rings (SSSR count). The molecule has 0 aliphatic carbocycles. The first-order chi connectivity index (χ1) is 9.95. The summed E-state index contributed by atoms with van der Waals surface area (Å²) < 4.78 is 3.06. The van der Waals surface area contributed by atoms with Gasteiger partial charge in [0.15, 0.2) is 11.2 Å². The van der Waals surface area contributed by atoms with Gasteiger partial charge in [-0.1, -0.05) is 6.08 Å². The molecule has 2 heterocycles. The molecule has 0 aliphatic rings. The average Bonchev–Trinajstić information content (AvgIpc) is 2.76. The van der Waals surface area contributed by atoms with E-state index in [1.807, 2.05) is 0 Å². The van der Waals surface area contributed by atoms with Crippen LogP contribution in [0.4, 0.5) is 5.95 Å². The first-order valence-electron chi connectivity index (χ1n) is 6.79. The molecule has 0 radical (unpaired) electrons. The van der Waals surface area contributed by atoms with E-state index in [0.29, 0.717) is 30.2 Å². The van der Waals surface area contributed by atoms with Gasteiger partial charge in [0.25, 0.3) is 5.56 Å². The van der Waals surface area contributed by atoms with Gasteiger partial charge in [-0.25, -0.2) is 4.79 Å². The van der Waals surface area contributed by atoms with Crippen molar-refractivity contribution in [2.45, 2.75) is 6.54 Å². The molecule has 0 fully saturated rings. The molecule has 2 aromatic rings. The first-order valence-corrected chi connectivity index (χ1v) is 6.79. The maximum absolute atomic E-state index is 12.0. The lowest BCUT2D eigenvalue weighted by Gasteiger charge is -2.10. The van der Waals surface area contributed by atoms with E-state index >= 15 is 0 Å². The lowest BCUT2D eigenvalue weighted by atomic mass is 10.5. The van der Waals surface area contributed by atoms with E-state index in [4.69, 9.17) is 0 Å². The first kappa shape index (κ1) is 15.0. The Balaban J connectivity index is 2.54. The Bertz CT molecular complexity index is 767. The zero-order valence-corrected chi connectivity index (χ0v) is 12.6. The maximum Gasteiger partial charge on any atom is 0.329 e. The molecule has 0 saturated heterocycles. The number of allylic oxidation sites excluding steroid dienone is 1. The number of aromatic nitrogens is 4. The summed E-state index contributed by atoms with van der Waals surface area (Å²) in [6.07, 6.45) is 1.69. The second-order valence-electron chi connectivity index (χ2n) is 5.21. The Kier molecular flexibility index (Phi) is 4.27. The van der Waals surface area contributed by atoms with Gasteiger partial charge in [-0.05, 0) is 0 Å². The molecule has 0 spiro atoms. The number of quaternary nitrogens is 1. The van der Waals surface area contributed by atoms with Crippen molar-refractivity contribution < 1.29 is 4.90 Å². The smallest absolute Gasteiger partial charge is 0.329 e. The van der Waals surface area contributed by atoms with Crippen LogP contribution >= 0.6 is 0 Å². The van der Waals surface area contributed by atoms with Crippen LogP contribution in [-0.2, 0) is 13.6 Å². The number of hydrogen-bond acceptors (Lipinski definition) is 4. The summed E-state index contributed by atoms with van der Waals surface area (Å²) in [5, 5.41) is 3.21. The Morgan fingerprint density at radius 3 is 2.76 bits per heavy atom. The summed E-state index contributed by atoms with van der Waals surface area (Å²) in [7, 11) is 5.70. The van der Waals surface area contributed by atoms with E-state index in [2.05, 4.69) is 36.0 Å². The van der Waals surface area contributed by atoms with E-state index in [0.717, 1.165) is 6.54 Å². The van der Waals surface area contributed by atoms with Crippen LogP contribution in [0.1, 0.15) is 0 Å². The van der Waals surface area contributed by atoms with Crippen LogP contribution in [0.2, 0.25) is 0 Å². The fourth-order valence-corrected chi connectivity index (χ4v) is 2.10. The van der Waals surface area contributed by atoms with Crippen molar-refractivity contribution in [3.8, 4) is 0 Å². The summed E-state index contributed by atoms with van der Waals surface area (Å²) in [6, 6.07) is 0. The minimum Gasteiger partial charge on any atom is -0.350 e. The largest absolute Gasteiger partial charge is 0.350 e. The molecule has 0 aliphatic heterocycles. The minimum absolute atomic E-state index is 0.366. The normalized spacial score (nSPS) is 11.2. The predicted molar refractivity (Wildman–Crippen MR) is 82.0 cm³/mol. The maximum atomic E-state index is 12.0. The van der Waals surface area contributed by atoms with Crippen molar-refractivity contribution >= 4 is 17.1 Å². The third-order valence-electron chi connectivity index (χ3n) is 3.23. The number of rotatable bonds is 6. The molecular weight excluding hydrogens is 272 g/mol.